The number of halogens is 1. The molecule has 16 heavy (non-hydrogen) atoms. The lowest BCUT2D eigenvalue weighted by Gasteiger charge is -2.16. The van der Waals surface area contributed by atoms with E-state index in [4.69, 9.17) is 11.6 Å². The first-order chi connectivity index (χ1) is 7.30. The first-order valence-electron chi connectivity index (χ1n) is 5.29. The van der Waals surface area contributed by atoms with E-state index in [0.717, 1.165) is 5.56 Å². The largest absolute Gasteiger partial charge is 0.289 e. The van der Waals surface area contributed by atoms with Gasteiger partial charge in [-0.3, -0.25) is 4.79 Å². The van der Waals surface area contributed by atoms with E-state index in [0.29, 0.717) is 10.6 Å². The van der Waals surface area contributed by atoms with Crippen molar-refractivity contribution in [2.75, 3.05) is 0 Å². The Balaban J connectivity index is 2.92. The fourth-order valence-corrected chi connectivity index (χ4v) is 1.23. The molecule has 0 unspecified atom stereocenters. The van der Waals surface area contributed by atoms with Crippen LogP contribution in [0.5, 0.6) is 0 Å². The van der Waals surface area contributed by atoms with Crippen molar-refractivity contribution in [1.29, 1.82) is 0 Å². The first-order valence-corrected chi connectivity index (χ1v) is 5.67. The number of hydrogen-bond acceptors (Lipinski definition) is 1. The highest BCUT2D eigenvalue weighted by atomic mass is 35.5. The van der Waals surface area contributed by atoms with Gasteiger partial charge in [0.1, 0.15) is 0 Å². The molecule has 0 atom stereocenters. The van der Waals surface area contributed by atoms with Gasteiger partial charge < -0.3 is 0 Å². The first kappa shape index (κ1) is 13.0. The van der Waals surface area contributed by atoms with Crippen LogP contribution in [0.3, 0.4) is 0 Å². The van der Waals surface area contributed by atoms with Crippen molar-refractivity contribution in [3.8, 4) is 0 Å². The molecule has 0 saturated carbocycles. The summed E-state index contributed by atoms with van der Waals surface area (Å²) >= 11 is 6.07. The molecule has 1 aromatic carbocycles. The number of carbonyl (C=O) groups excluding carboxylic acids is 1. The molecule has 0 heterocycles. The number of carbonyl (C=O) groups is 1. The molecule has 0 saturated heterocycles. The predicted octanol–water partition coefficient (Wildman–Crippen LogP) is 4.35. The summed E-state index contributed by atoms with van der Waals surface area (Å²) in [5.41, 5.74) is 1.64. The van der Waals surface area contributed by atoms with Crippen molar-refractivity contribution < 1.29 is 4.79 Å². The van der Waals surface area contributed by atoms with Gasteiger partial charge in [0, 0.05) is 16.7 Å². The monoisotopic (exact) mass is 236 g/mol. The SMILES string of the molecule is Cc1ccc(C(=O)/C=C(\Cl)C(C)(C)C)cc1. The van der Waals surface area contributed by atoms with Crippen LogP contribution in [0.15, 0.2) is 35.4 Å². The molecule has 86 valence electrons. The molecule has 0 aromatic heterocycles. The van der Waals surface area contributed by atoms with E-state index in [9.17, 15) is 4.79 Å². The van der Waals surface area contributed by atoms with Crippen molar-refractivity contribution in [3.63, 3.8) is 0 Å². The highest BCUT2D eigenvalue weighted by Gasteiger charge is 2.16. The van der Waals surface area contributed by atoms with Gasteiger partial charge >= 0.3 is 0 Å². The lowest BCUT2D eigenvalue weighted by molar-refractivity contribution is 0.104. The maximum atomic E-state index is 11.9. The normalized spacial score (nSPS) is 12.7. The zero-order valence-corrected chi connectivity index (χ0v) is 10.9. The summed E-state index contributed by atoms with van der Waals surface area (Å²) in [4.78, 5) is 11.9. The summed E-state index contributed by atoms with van der Waals surface area (Å²) in [5, 5.41) is 0.582. The Morgan fingerprint density at radius 2 is 1.69 bits per heavy atom. The molecule has 0 amide bonds. The van der Waals surface area contributed by atoms with Gasteiger partial charge in [-0.2, -0.15) is 0 Å². The van der Waals surface area contributed by atoms with Crippen LogP contribution in [0.4, 0.5) is 0 Å². The van der Waals surface area contributed by atoms with E-state index in [1.165, 1.54) is 6.08 Å². The molecule has 0 aliphatic rings. The number of aryl methyl sites for hydroxylation is 1. The minimum absolute atomic E-state index is 0.0417. The molecule has 0 aliphatic carbocycles. The summed E-state index contributed by atoms with van der Waals surface area (Å²) in [5.74, 6) is -0.0417. The van der Waals surface area contributed by atoms with Crippen LogP contribution < -0.4 is 0 Å². The quantitative estimate of drug-likeness (QED) is 0.551. The second kappa shape index (κ2) is 4.84. The minimum Gasteiger partial charge on any atom is -0.289 e. The Hall–Kier alpha value is -1.08. The Kier molecular flexibility index (Phi) is 3.93. The third-order valence-corrected chi connectivity index (χ3v) is 2.99. The van der Waals surface area contributed by atoms with E-state index in [-0.39, 0.29) is 11.2 Å². The average molecular weight is 237 g/mol. The van der Waals surface area contributed by atoms with Crippen LogP contribution in [-0.2, 0) is 0 Å². The van der Waals surface area contributed by atoms with Crippen LogP contribution in [0.1, 0.15) is 36.7 Å². The molecule has 0 aliphatic heterocycles. The highest BCUT2D eigenvalue weighted by molar-refractivity contribution is 6.32. The highest BCUT2D eigenvalue weighted by Crippen LogP contribution is 2.28. The minimum atomic E-state index is -0.179. The van der Waals surface area contributed by atoms with Crippen molar-refractivity contribution in [3.05, 3.63) is 46.5 Å². The Labute approximate surface area is 102 Å². The van der Waals surface area contributed by atoms with Crippen LogP contribution in [0, 0.1) is 12.3 Å². The van der Waals surface area contributed by atoms with E-state index in [1.54, 1.807) is 0 Å². The predicted molar refractivity (Wildman–Crippen MR) is 68.9 cm³/mol. The van der Waals surface area contributed by atoms with E-state index in [1.807, 2.05) is 52.0 Å². The lowest BCUT2D eigenvalue weighted by Crippen LogP contribution is -2.07. The fourth-order valence-electron chi connectivity index (χ4n) is 1.13. The number of rotatable bonds is 2. The molecule has 0 radical (unpaired) electrons. The Morgan fingerprint density at radius 1 is 1.19 bits per heavy atom. The van der Waals surface area contributed by atoms with Gasteiger partial charge in [-0.15, -0.1) is 0 Å². The van der Waals surface area contributed by atoms with Gasteiger partial charge in [0.2, 0.25) is 0 Å². The molecule has 1 nitrogen and oxygen atoms in total. The summed E-state index contributed by atoms with van der Waals surface area (Å²) in [6.45, 7) is 7.93. The van der Waals surface area contributed by atoms with E-state index < -0.39 is 0 Å². The second-order valence-corrected chi connectivity index (χ2v) is 5.38. The van der Waals surface area contributed by atoms with Crippen molar-refractivity contribution in [2.24, 2.45) is 5.41 Å². The summed E-state index contributed by atoms with van der Waals surface area (Å²) in [7, 11) is 0. The lowest BCUT2D eigenvalue weighted by atomic mass is 9.94. The number of allylic oxidation sites excluding steroid dienone is 2. The topological polar surface area (TPSA) is 17.1 Å². The van der Waals surface area contributed by atoms with Gasteiger partial charge in [0.05, 0.1) is 0 Å². The molecule has 0 spiro atoms. The van der Waals surface area contributed by atoms with Crippen LogP contribution in [0.25, 0.3) is 0 Å². The second-order valence-electron chi connectivity index (χ2n) is 4.97. The summed E-state index contributed by atoms with van der Waals surface area (Å²) < 4.78 is 0. The van der Waals surface area contributed by atoms with Gasteiger partial charge in [0.25, 0.3) is 0 Å². The van der Waals surface area contributed by atoms with Gasteiger partial charge in [-0.05, 0) is 12.3 Å². The Morgan fingerprint density at radius 3 is 2.12 bits per heavy atom. The zero-order chi connectivity index (χ0) is 12.3. The molecule has 0 bridgehead atoms. The summed E-state index contributed by atoms with van der Waals surface area (Å²) in [6, 6.07) is 7.49. The number of hydrogen-bond donors (Lipinski definition) is 0. The van der Waals surface area contributed by atoms with Crippen molar-refractivity contribution >= 4 is 17.4 Å². The fraction of sp³-hybridized carbons (Fsp3) is 0.357. The van der Waals surface area contributed by atoms with E-state index >= 15 is 0 Å². The average Bonchev–Trinajstić information content (AvgIpc) is 2.17. The van der Waals surface area contributed by atoms with Gasteiger partial charge in [-0.25, -0.2) is 0 Å². The standard InChI is InChI=1S/C14H17ClO/c1-10-5-7-11(8-6-10)12(16)9-13(15)14(2,3)4/h5-9H,1-4H3/b13-9-. The molecule has 1 aromatic rings. The smallest absolute Gasteiger partial charge is 0.187 e. The van der Waals surface area contributed by atoms with Crippen molar-refractivity contribution in [2.45, 2.75) is 27.7 Å². The number of benzene rings is 1. The third-order valence-electron chi connectivity index (χ3n) is 2.31. The van der Waals surface area contributed by atoms with Gasteiger partial charge in [-0.1, -0.05) is 62.2 Å². The molecule has 0 N–H and O–H groups in total. The maximum absolute atomic E-state index is 11.9. The third kappa shape index (κ3) is 3.49. The maximum Gasteiger partial charge on any atom is 0.187 e. The van der Waals surface area contributed by atoms with Crippen LogP contribution in [-0.4, -0.2) is 5.78 Å². The molecular weight excluding hydrogens is 220 g/mol. The van der Waals surface area contributed by atoms with Crippen LogP contribution in [0.2, 0.25) is 0 Å². The number of ketones is 1. The van der Waals surface area contributed by atoms with Gasteiger partial charge in [0.15, 0.2) is 5.78 Å². The van der Waals surface area contributed by atoms with Crippen LogP contribution >= 0.6 is 11.6 Å². The summed E-state index contributed by atoms with van der Waals surface area (Å²) in [6.07, 6.45) is 1.51. The van der Waals surface area contributed by atoms with E-state index in [2.05, 4.69) is 0 Å². The molecule has 0 fully saturated rings. The molecular formula is C14H17ClO. The molecule has 1 rings (SSSR count). The molecule has 2 heteroatoms. The Bertz CT molecular complexity index is 407. The van der Waals surface area contributed by atoms with Crippen molar-refractivity contribution in [1.82, 2.24) is 0 Å². The zero-order valence-electron chi connectivity index (χ0n) is 10.2.